The van der Waals surface area contributed by atoms with Crippen LogP contribution in [0.3, 0.4) is 0 Å². The van der Waals surface area contributed by atoms with Crippen LogP contribution in [0.2, 0.25) is 0 Å². The second kappa shape index (κ2) is 3.92. The largest absolute Gasteiger partial charge is 0.306 e. The fourth-order valence-electron chi connectivity index (χ4n) is 2.32. The zero-order chi connectivity index (χ0) is 12.7. The summed E-state index contributed by atoms with van der Waals surface area (Å²) in [5, 5.41) is 1.16. The molecule has 0 bridgehead atoms. The van der Waals surface area contributed by atoms with E-state index in [1.54, 1.807) is 6.20 Å². The van der Waals surface area contributed by atoms with Crippen molar-refractivity contribution < 1.29 is 0 Å². The Hall–Kier alpha value is -2.68. The SMILES string of the molecule is c1ccc2ncc(-c3ccc4nccn4c3)cc2c1. The first kappa shape index (κ1) is 10.3. The minimum Gasteiger partial charge on any atom is -0.306 e. The summed E-state index contributed by atoms with van der Waals surface area (Å²) in [6.07, 6.45) is 7.75. The van der Waals surface area contributed by atoms with Crippen LogP contribution in [-0.4, -0.2) is 14.4 Å². The first-order valence-corrected chi connectivity index (χ1v) is 6.18. The van der Waals surface area contributed by atoms with Crippen molar-refractivity contribution in [3.63, 3.8) is 0 Å². The average molecular weight is 245 g/mol. The highest BCUT2D eigenvalue weighted by molar-refractivity contribution is 5.83. The number of para-hydroxylation sites is 1. The number of rotatable bonds is 1. The maximum absolute atomic E-state index is 4.50. The van der Waals surface area contributed by atoms with Crippen molar-refractivity contribution in [3.8, 4) is 11.1 Å². The summed E-state index contributed by atoms with van der Waals surface area (Å²) >= 11 is 0. The molecule has 0 saturated heterocycles. The Labute approximate surface area is 110 Å². The van der Waals surface area contributed by atoms with Gasteiger partial charge in [0, 0.05) is 41.3 Å². The Morgan fingerprint density at radius 2 is 1.84 bits per heavy atom. The van der Waals surface area contributed by atoms with Gasteiger partial charge in [0.1, 0.15) is 5.65 Å². The lowest BCUT2D eigenvalue weighted by Crippen LogP contribution is -1.87. The van der Waals surface area contributed by atoms with Crippen molar-refractivity contribution in [1.82, 2.24) is 14.4 Å². The number of benzene rings is 1. The molecule has 0 saturated carbocycles. The third-order valence-corrected chi connectivity index (χ3v) is 3.31. The number of imidazole rings is 1. The molecule has 0 fully saturated rings. The quantitative estimate of drug-likeness (QED) is 0.513. The van der Waals surface area contributed by atoms with Gasteiger partial charge in [0.2, 0.25) is 0 Å². The van der Waals surface area contributed by atoms with Crippen molar-refractivity contribution in [1.29, 1.82) is 0 Å². The third kappa shape index (κ3) is 1.67. The first-order valence-electron chi connectivity index (χ1n) is 6.18. The van der Waals surface area contributed by atoms with E-state index in [0.717, 1.165) is 27.7 Å². The molecule has 0 unspecified atom stereocenters. The minimum atomic E-state index is 0.956. The number of pyridine rings is 2. The number of nitrogens with zero attached hydrogens (tertiary/aromatic N) is 3. The molecule has 0 radical (unpaired) electrons. The molecule has 0 amide bonds. The van der Waals surface area contributed by atoms with Gasteiger partial charge < -0.3 is 4.40 Å². The molecule has 4 rings (SSSR count). The summed E-state index contributed by atoms with van der Waals surface area (Å²) in [6.45, 7) is 0. The topological polar surface area (TPSA) is 30.2 Å². The number of hydrogen-bond donors (Lipinski definition) is 0. The van der Waals surface area contributed by atoms with Crippen LogP contribution in [0.15, 0.2) is 67.3 Å². The van der Waals surface area contributed by atoms with Gasteiger partial charge >= 0.3 is 0 Å². The van der Waals surface area contributed by atoms with Crippen LogP contribution < -0.4 is 0 Å². The summed E-state index contributed by atoms with van der Waals surface area (Å²) in [6, 6.07) is 14.4. The van der Waals surface area contributed by atoms with E-state index in [2.05, 4.69) is 34.4 Å². The van der Waals surface area contributed by atoms with Crippen molar-refractivity contribution in [2.45, 2.75) is 0 Å². The Kier molecular flexibility index (Phi) is 2.12. The van der Waals surface area contributed by atoms with Crippen LogP contribution in [0, 0.1) is 0 Å². The van der Waals surface area contributed by atoms with Gasteiger partial charge in [-0.1, -0.05) is 18.2 Å². The Morgan fingerprint density at radius 3 is 2.84 bits per heavy atom. The fourth-order valence-corrected chi connectivity index (χ4v) is 2.32. The fraction of sp³-hybridized carbons (Fsp3) is 0. The summed E-state index contributed by atoms with van der Waals surface area (Å²) in [4.78, 5) is 8.75. The predicted octanol–water partition coefficient (Wildman–Crippen LogP) is 3.55. The molecule has 1 aromatic carbocycles. The molecule has 0 aliphatic rings. The molecule has 3 aromatic heterocycles. The maximum Gasteiger partial charge on any atom is 0.136 e. The normalized spacial score (nSPS) is 11.2. The molecular formula is C16H11N3. The summed E-state index contributed by atoms with van der Waals surface area (Å²) in [7, 11) is 0. The lowest BCUT2D eigenvalue weighted by atomic mass is 10.1. The molecule has 19 heavy (non-hydrogen) atoms. The van der Waals surface area contributed by atoms with E-state index in [4.69, 9.17) is 0 Å². The minimum absolute atomic E-state index is 0.956. The van der Waals surface area contributed by atoms with Gasteiger partial charge in [0.15, 0.2) is 0 Å². The third-order valence-electron chi connectivity index (χ3n) is 3.31. The molecule has 0 spiro atoms. The Bertz CT molecular complexity index is 877. The number of aromatic nitrogens is 3. The summed E-state index contributed by atoms with van der Waals surface area (Å²) in [5.74, 6) is 0. The highest BCUT2D eigenvalue weighted by atomic mass is 15.0. The monoisotopic (exact) mass is 245 g/mol. The van der Waals surface area contributed by atoms with Gasteiger partial charge in [0.05, 0.1) is 5.52 Å². The second-order valence-electron chi connectivity index (χ2n) is 4.53. The van der Waals surface area contributed by atoms with E-state index in [1.165, 1.54) is 0 Å². The summed E-state index contributed by atoms with van der Waals surface area (Å²) < 4.78 is 2.02. The van der Waals surface area contributed by atoms with Crippen LogP contribution in [0.4, 0.5) is 0 Å². The lowest BCUT2D eigenvalue weighted by Gasteiger charge is -2.04. The van der Waals surface area contributed by atoms with E-state index in [0.29, 0.717) is 0 Å². The molecule has 0 atom stereocenters. The molecular weight excluding hydrogens is 234 g/mol. The molecule has 90 valence electrons. The molecule has 0 aliphatic heterocycles. The molecule has 0 N–H and O–H groups in total. The Balaban J connectivity index is 1.92. The van der Waals surface area contributed by atoms with E-state index >= 15 is 0 Å². The standard InChI is InChI=1S/C16H11N3/c1-2-4-15-12(3-1)9-14(10-18-15)13-5-6-16-17-7-8-19(16)11-13/h1-11H. The first-order chi connectivity index (χ1) is 9.40. The predicted molar refractivity (Wildman–Crippen MR) is 75.9 cm³/mol. The average Bonchev–Trinajstić information content (AvgIpc) is 2.94. The number of fused-ring (bicyclic) bond motifs is 2. The van der Waals surface area contributed by atoms with Gasteiger partial charge in [-0.2, -0.15) is 0 Å². The van der Waals surface area contributed by atoms with Crippen molar-refractivity contribution >= 4 is 16.6 Å². The van der Waals surface area contributed by atoms with Crippen molar-refractivity contribution in [3.05, 3.63) is 67.3 Å². The van der Waals surface area contributed by atoms with E-state index in [9.17, 15) is 0 Å². The molecule has 3 heteroatoms. The lowest BCUT2D eigenvalue weighted by molar-refractivity contribution is 1.19. The van der Waals surface area contributed by atoms with Crippen LogP contribution >= 0.6 is 0 Å². The van der Waals surface area contributed by atoms with Crippen LogP contribution in [0.1, 0.15) is 0 Å². The molecule has 0 aliphatic carbocycles. The van der Waals surface area contributed by atoms with E-state index in [-0.39, 0.29) is 0 Å². The van der Waals surface area contributed by atoms with Crippen molar-refractivity contribution in [2.75, 3.05) is 0 Å². The Morgan fingerprint density at radius 1 is 0.895 bits per heavy atom. The smallest absolute Gasteiger partial charge is 0.136 e. The van der Waals surface area contributed by atoms with Gasteiger partial charge in [-0.15, -0.1) is 0 Å². The van der Waals surface area contributed by atoms with Gasteiger partial charge in [-0.3, -0.25) is 4.98 Å². The molecule has 4 aromatic rings. The highest BCUT2D eigenvalue weighted by Gasteiger charge is 2.02. The molecule has 3 heterocycles. The second-order valence-corrected chi connectivity index (χ2v) is 4.53. The van der Waals surface area contributed by atoms with Crippen molar-refractivity contribution in [2.24, 2.45) is 0 Å². The zero-order valence-electron chi connectivity index (χ0n) is 10.2. The van der Waals surface area contributed by atoms with Crippen LogP contribution in [-0.2, 0) is 0 Å². The van der Waals surface area contributed by atoms with Gasteiger partial charge in [-0.25, -0.2) is 4.98 Å². The van der Waals surface area contributed by atoms with Crippen LogP contribution in [0.5, 0.6) is 0 Å². The van der Waals surface area contributed by atoms with E-state index < -0.39 is 0 Å². The zero-order valence-corrected chi connectivity index (χ0v) is 10.2. The summed E-state index contributed by atoms with van der Waals surface area (Å²) in [5.41, 5.74) is 4.24. The van der Waals surface area contributed by atoms with Gasteiger partial charge in [-0.05, 0) is 24.3 Å². The van der Waals surface area contributed by atoms with Crippen LogP contribution in [0.25, 0.3) is 27.7 Å². The molecule has 3 nitrogen and oxygen atoms in total. The highest BCUT2D eigenvalue weighted by Crippen LogP contribution is 2.22. The van der Waals surface area contributed by atoms with E-state index in [1.807, 2.05) is 41.1 Å². The maximum atomic E-state index is 4.50. The van der Waals surface area contributed by atoms with Gasteiger partial charge in [0.25, 0.3) is 0 Å². The number of hydrogen-bond acceptors (Lipinski definition) is 2.